The number of rotatable bonds is 5. The monoisotopic (exact) mass is 554 g/mol. The van der Waals surface area contributed by atoms with Crippen LogP contribution in [0.25, 0.3) is 16.8 Å². The number of urea groups is 1. The Labute approximate surface area is 222 Å². The van der Waals surface area contributed by atoms with Crippen LogP contribution in [0.1, 0.15) is 22.3 Å². The number of nitrogens with one attached hydrogen (secondary N) is 1. The van der Waals surface area contributed by atoms with E-state index in [-0.39, 0.29) is 12.2 Å². The Balaban J connectivity index is 1.61. The van der Waals surface area contributed by atoms with Crippen LogP contribution in [0.2, 0.25) is 0 Å². The van der Waals surface area contributed by atoms with Crippen molar-refractivity contribution in [2.45, 2.75) is 20.5 Å². The standard InChI is InChI=1S/C30H23BrN2O4/c1-18-8-7-13-26(19(18)2)33-29(35)24(28(34)32-30(33)36)16-23-22-11-5-3-9-20(22)14-15-27(23)37-17-21-10-4-6-12-25(21)31/h3-16H,17H2,1-2H3,(H,32,34,36)/b24-16+. The predicted molar refractivity (Wildman–Crippen MR) is 147 cm³/mol. The summed E-state index contributed by atoms with van der Waals surface area (Å²) in [5, 5.41) is 4.06. The van der Waals surface area contributed by atoms with E-state index in [0.717, 1.165) is 36.8 Å². The Morgan fingerprint density at radius 1 is 0.892 bits per heavy atom. The summed E-state index contributed by atoms with van der Waals surface area (Å²) in [5.74, 6) is -0.925. The van der Waals surface area contributed by atoms with E-state index in [1.807, 2.05) is 80.6 Å². The Morgan fingerprint density at radius 3 is 2.46 bits per heavy atom. The molecule has 184 valence electrons. The number of aryl methyl sites for hydroxylation is 1. The van der Waals surface area contributed by atoms with E-state index in [0.29, 0.717) is 17.0 Å². The molecular weight excluding hydrogens is 532 g/mol. The predicted octanol–water partition coefficient (Wildman–Crippen LogP) is 6.46. The number of nitrogens with zero attached hydrogens (tertiary/aromatic N) is 1. The molecule has 1 fully saturated rings. The van der Waals surface area contributed by atoms with Gasteiger partial charge in [0.15, 0.2) is 0 Å². The maximum absolute atomic E-state index is 13.6. The lowest BCUT2D eigenvalue weighted by molar-refractivity contribution is -0.122. The average Bonchev–Trinajstić information content (AvgIpc) is 2.88. The summed E-state index contributed by atoms with van der Waals surface area (Å²) in [7, 11) is 0. The van der Waals surface area contributed by atoms with Gasteiger partial charge in [0.2, 0.25) is 0 Å². The Kier molecular flexibility index (Phi) is 6.63. The van der Waals surface area contributed by atoms with Crippen molar-refractivity contribution in [3.05, 3.63) is 111 Å². The third kappa shape index (κ3) is 4.66. The van der Waals surface area contributed by atoms with Crippen LogP contribution in [0.3, 0.4) is 0 Å². The Bertz CT molecular complexity index is 1610. The molecule has 37 heavy (non-hydrogen) atoms. The fraction of sp³-hybridized carbons (Fsp3) is 0.100. The number of ether oxygens (including phenoxy) is 1. The third-order valence-electron chi connectivity index (χ3n) is 6.48. The quantitative estimate of drug-likeness (QED) is 0.227. The molecule has 4 aromatic rings. The number of amides is 4. The molecule has 1 saturated heterocycles. The van der Waals surface area contributed by atoms with E-state index in [2.05, 4.69) is 21.2 Å². The van der Waals surface area contributed by atoms with Gasteiger partial charge in [-0.2, -0.15) is 0 Å². The van der Waals surface area contributed by atoms with Crippen molar-refractivity contribution in [3.8, 4) is 5.75 Å². The first-order valence-electron chi connectivity index (χ1n) is 11.7. The van der Waals surface area contributed by atoms with Crippen LogP contribution in [0.4, 0.5) is 10.5 Å². The highest BCUT2D eigenvalue weighted by Crippen LogP contribution is 2.33. The van der Waals surface area contributed by atoms with Gasteiger partial charge in [0.05, 0.1) is 5.69 Å². The summed E-state index contributed by atoms with van der Waals surface area (Å²) >= 11 is 3.54. The van der Waals surface area contributed by atoms with Crippen molar-refractivity contribution in [2.75, 3.05) is 4.90 Å². The lowest BCUT2D eigenvalue weighted by atomic mass is 9.99. The molecule has 6 nitrogen and oxygen atoms in total. The molecule has 0 aliphatic carbocycles. The van der Waals surface area contributed by atoms with Gasteiger partial charge in [0, 0.05) is 15.6 Å². The van der Waals surface area contributed by atoms with Crippen molar-refractivity contribution in [2.24, 2.45) is 0 Å². The highest BCUT2D eigenvalue weighted by Gasteiger charge is 2.37. The highest BCUT2D eigenvalue weighted by molar-refractivity contribution is 9.10. The molecule has 5 rings (SSSR count). The molecule has 1 aliphatic heterocycles. The molecule has 0 spiro atoms. The maximum atomic E-state index is 13.6. The summed E-state index contributed by atoms with van der Waals surface area (Å²) in [6.45, 7) is 4.02. The fourth-order valence-electron chi connectivity index (χ4n) is 4.32. The number of hydrogen-bond donors (Lipinski definition) is 1. The zero-order valence-corrected chi connectivity index (χ0v) is 21.8. The number of hydrogen-bond acceptors (Lipinski definition) is 4. The van der Waals surface area contributed by atoms with Crippen LogP contribution in [0, 0.1) is 13.8 Å². The number of benzene rings is 4. The molecule has 4 amide bonds. The first kappa shape index (κ1) is 24.5. The van der Waals surface area contributed by atoms with Crippen molar-refractivity contribution in [1.29, 1.82) is 0 Å². The van der Waals surface area contributed by atoms with Gasteiger partial charge in [-0.3, -0.25) is 14.9 Å². The lowest BCUT2D eigenvalue weighted by Crippen LogP contribution is -2.54. The number of barbiturate groups is 1. The summed E-state index contributed by atoms with van der Waals surface area (Å²) in [6.07, 6.45) is 1.51. The Hall–Kier alpha value is -4.23. The van der Waals surface area contributed by atoms with Crippen LogP contribution in [0.5, 0.6) is 5.75 Å². The summed E-state index contributed by atoms with van der Waals surface area (Å²) in [5.41, 5.74) is 3.53. The van der Waals surface area contributed by atoms with E-state index < -0.39 is 17.8 Å². The van der Waals surface area contributed by atoms with Gasteiger partial charge in [-0.05, 0) is 60.0 Å². The average molecular weight is 555 g/mol. The van der Waals surface area contributed by atoms with Crippen molar-refractivity contribution < 1.29 is 19.1 Å². The van der Waals surface area contributed by atoms with E-state index in [1.165, 1.54) is 6.08 Å². The van der Waals surface area contributed by atoms with E-state index in [9.17, 15) is 14.4 Å². The number of fused-ring (bicyclic) bond motifs is 1. The number of halogens is 1. The van der Waals surface area contributed by atoms with Gasteiger partial charge in [-0.1, -0.05) is 76.6 Å². The highest BCUT2D eigenvalue weighted by atomic mass is 79.9. The first-order valence-corrected chi connectivity index (χ1v) is 12.5. The summed E-state index contributed by atoms with van der Waals surface area (Å²) in [6, 6.07) is 23.8. The lowest BCUT2D eigenvalue weighted by Gasteiger charge is -2.28. The molecule has 0 saturated carbocycles. The molecule has 0 atom stereocenters. The Morgan fingerprint density at radius 2 is 1.65 bits per heavy atom. The first-order chi connectivity index (χ1) is 17.8. The molecule has 0 radical (unpaired) electrons. The minimum absolute atomic E-state index is 0.150. The van der Waals surface area contributed by atoms with Crippen molar-refractivity contribution in [1.82, 2.24) is 5.32 Å². The molecule has 1 aliphatic rings. The molecule has 0 bridgehead atoms. The molecule has 7 heteroatoms. The van der Waals surface area contributed by atoms with Gasteiger partial charge < -0.3 is 4.74 Å². The van der Waals surface area contributed by atoms with Gasteiger partial charge in [0.25, 0.3) is 11.8 Å². The van der Waals surface area contributed by atoms with Crippen molar-refractivity contribution in [3.63, 3.8) is 0 Å². The molecule has 0 unspecified atom stereocenters. The minimum Gasteiger partial charge on any atom is -0.488 e. The van der Waals surface area contributed by atoms with E-state index in [1.54, 1.807) is 12.1 Å². The molecule has 0 aromatic heterocycles. The number of anilines is 1. The van der Waals surface area contributed by atoms with Crippen LogP contribution in [0.15, 0.2) is 88.9 Å². The number of carbonyl (C=O) groups is 3. The van der Waals surface area contributed by atoms with Crippen LogP contribution in [-0.2, 0) is 16.2 Å². The smallest absolute Gasteiger partial charge is 0.335 e. The van der Waals surface area contributed by atoms with E-state index >= 15 is 0 Å². The van der Waals surface area contributed by atoms with Gasteiger partial charge in [-0.15, -0.1) is 0 Å². The van der Waals surface area contributed by atoms with E-state index in [4.69, 9.17) is 4.74 Å². The third-order valence-corrected chi connectivity index (χ3v) is 7.25. The van der Waals surface area contributed by atoms with Gasteiger partial charge >= 0.3 is 6.03 Å². The van der Waals surface area contributed by atoms with Gasteiger partial charge in [0.1, 0.15) is 17.9 Å². The van der Waals surface area contributed by atoms with Crippen LogP contribution < -0.4 is 15.0 Å². The number of imide groups is 2. The second-order valence-electron chi connectivity index (χ2n) is 8.76. The molecule has 1 heterocycles. The summed E-state index contributed by atoms with van der Waals surface area (Å²) < 4.78 is 7.11. The molecule has 4 aromatic carbocycles. The van der Waals surface area contributed by atoms with Crippen molar-refractivity contribution >= 4 is 56.3 Å². The zero-order chi connectivity index (χ0) is 26.1. The number of carbonyl (C=O) groups excluding carboxylic acids is 3. The van der Waals surface area contributed by atoms with Crippen LogP contribution in [-0.4, -0.2) is 17.8 Å². The van der Waals surface area contributed by atoms with Gasteiger partial charge in [-0.25, -0.2) is 9.69 Å². The maximum Gasteiger partial charge on any atom is 0.335 e. The topological polar surface area (TPSA) is 75.7 Å². The molecule has 1 N–H and O–H groups in total. The SMILES string of the molecule is Cc1cccc(N2C(=O)NC(=O)/C(=C\c3c(OCc4ccccc4Br)ccc4ccccc34)C2=O)c1C. The minimum atomic E-state index is -0.774. The normalized spacial score (nSPS) is 14.8. The second-order valence-corrected chi connectivity index (χ2v) is 9.61. The van der Waals surface area contributed by atoms with Crippen LogP contribution >= 0.6 is 15.9 Å². The zero-order valence-electron chi connectivity index (χ0n) is 20.2. The largest absolute Gasteiger partial charge is 0.488 e. The second kappa shape index (κ2) is 10.0. The molecular formula is C30H23BrN2O4. The summed E-state index contributed by atoms with van der Waals surface area (Å²) in [4.78, 5) is 40.3. The fourth-order valence-corrected chi connectivity index (χ4v) is 4.72.